The van der Waals surface area contributed by atoms with Crippen molar-refractivity contribution in [3.05, 3.63) is 28.5 Å². The van der Waals surface area contributed by atoms with Crippen LogP contribution in [0.5, 0.6) is 0 Å². The quantitative estimate of drug-likeness (QED) is 0.793. The average Bonchev–Trinajstić information content (AvgIpc) is 3.04. The third kappa shape index (κ3) is 2.79. The summed E-state index contributed by atoms with van der Waals surface area (Å²) in [5.41, 5.74) is 0.790. The number of nitrogens with one attached hydrogen (secondary N) is 2. The Bertz CT molecular complexity index is 768. The van der Waals surface area contributed by atoms with Gasteiger partial charge in [0.05, 0.1) is 5.69 Å². The number of H-pyrrole nitrogens is 1. The predicted octanol–water partition coefficient (Wildman–Crippen LogP) is 1.85. The Hall–Kier alpha value is -1.87. The van der Waals surface area contributed by atoms with E-state index < -0.39 is 16.0 Å². The van der Waals surface area contributed by atoms with E-state index in [4.69, 9.17) is 5.11 Å². The van der Waals surface area contributed by atoms with E-state index in [9.17, 15) is 13.2 Å². The van der Waals surface area contributed by atoms with Gasteiger partial charge in [0.1, 0.15) is 10.6 Å². The molecule has 0 saturated heterocycles. The van der Waals surface area contributed by atoms with Gasteiger partial charge in [0.25, 0.3) is 10.0 Å². The molecule has 3 rings (SSSR count). The van der Waals surface area contributed by atoms with Gasteiger partial charge < -0.3 is 10.1 Å². The second kappa shape index (κ2) is 5.15. The van der Waals surface area contributed by atoms with Crippen molar-refractivity contribution < 1.29 is 18.3 Å². The molecule has 2 heterocycles. The van der Waals surface area contributed by atoms with E-state index in [1.807, 2.05) is 0 Å². The van der Waals surface area contributed by atoms with Gasteiger partial charge in [-0.3, -0.25) is 4.72 Å². The molecule has 0 bridgehead atoms. The molecule has 0 aliphatic heterocycles. The maximum Gasteiger partial charge on any atom is 0.352 e. The van der Waals surface area contributed by atoms with Crippen molar-refractivity contribution in [3.63, 3.8) is 0 Å². The number of carboxylic acids is 1. The Balaban J connectivity index is 1.85. The second-order valence-corrected chi connectivity index (χ2v) is 7.52. The van der Waals surface area contributed by atoms with Crippen molar-refractivity contribution in [1.29, 1.82) is 0 Å². The van der Waals surface area contributed by atoms with Crippen LogP contribution in [0.15, 0.2) is 17.2 Å². The number of hydrogen-bond donors (Lipinski definition) is 3. The molecule has 112 valence electrons. The van der Waals surface area contributed by atoms with Gasteiger partial charge in [-0.15, -0.1) is 11.3 Å². The third-order valence-corrected chi connectivity index (χ3v) is 5.79. The van der Waals surface area contributed by atoms with E-state index in [2.05, 4.69) is 14.7 Å². The van der Waals surface area contributed by atoms with Gasteiger partial charge >= 0.3 is 5.97 Å². The maximum atomic E-state index is 12.2. The SMILES string of the molecule is O=C(O)c1cc(S(=O)(=O)Nc2nc3c(s2)CCCC3)c[nH]1. The molecule has 1 aliphatic rings. The van der Waals surface area contributed by atoms with Gasteiger partial charge in [0.2, 0.25) is 0 Å². The van der Waals surface area contributed by atoms with Gasteiger partial charge in [0.15, 0.2) is 5.13 Å². The summed E-state index contributed by atoms with van der Waals surface area (Å²) in [6, 6.07) is 1.08. The highest BCUT2D eigenvalue weighted by Gasteiger charge is 2.22. The lowest BCUT2D eigenvalue weighted by Crippen LogP contribution is -2.12. The van der Waals surface area contributed by atoms with Crippen LogP contribution in [-0.2, 0) is 22.9 Å². The van der Waals surface area contributed by atoms with E-state index in [1.165, 1.54) is 11.3 Å². The third-order valence-electron chi connectivity index (χ3n) is 3.26. The summed E-state index contributed by atoms with van der Waals surface area (Å²) < 4.78 is 26.8. The Labute approximate surface area is 125 Å². The van der Waals surface area contributed by atoms with Crippen LogP contribution in [0, 0.1) is 0 Å². The molecule has 2 aromatic rings. The number of rotatable bonds is 4. The fraction of sp³-hybridized carbons (Fsp3) is 0.333. The minimum atomic E-state index is -3.82. The zero-order valence-electron chi connectivity index (χ0n) is 10.9. The number of anilines is 1. The van der Waals surface area contributed by atoms with Crippen LogP contribution in [0.2, 0.25) is 0 Å². The number of nitrogens with zero attached hydrogens (tertiary/aromatic N) is 1. The number of thiazole rings is 1. The highest BCUT2D eigenvalue weighted by atomic mass is 32.2. The van der Waals surface area contributed by atoms with Crippen LogP contribution >= 0.6 is 11.3 Å². The smallest absolute Gasteiger partial charge is 0.352 e. The van der Waals surface area contributed by atoms with Crippen LogP contribution in [0.4, 0.5) is 5.13 Å². The van der Waals surface area contributed by atoms with E-state index in [-0.39, 0.29) is 10.6 Å². The van der Waals surface area contributed by atoms with Crippen molar-refractivity contribution >= 4 is 32.5 Å². The molecule has 0 aromatic carbocycles. The molecule has 3 N–H and O–H groups in total. The number of carboxylic acid groups (broad SMARTS) is 1. The molecule has 0 amide bonds. The lowest BCUT2D eigenvalue weighted by molar-refractivity contribution is 0.0691. The van der Waals surface area contributed by atoms with Crippen LogP contribution in [0.1, 0.15) is 33.9 Å². The summed E-state index contributed by atoms with van der Waals surface area (Å²) in [5, 5.41) is 9.14. The van der Waals surface area contributed by atoms with E-state index in [0.717, 1.165) is 48.5 Å². The molecular weight excluding hydrogens is 314 g/mol. The minimum Gasteiger partial charge on any atom is -0.477 e. The van der Waals surface area contributed by atoms with E-state index >= 15 is 0 Å². The number of carbonyl (C=O) groups is 1. The van der Waals surface area contributed by atoms with Crippen molar-refractivity contribution in [2.45, 2.75) is 30.6 Å². The number of aromatic nitrogens is 2. The molecule has 0 atom stereocenters. The first-order valence-corrected chi connectivity index (χ1v) is 8.69. The van der Waals surface area contributed by atoms with E-state index in [1.54, 1.807) is 0 Å². The second-order valence-electron chi connectivity index (χ2n) is 4.76. The van der Waals surface area contributed by atoms with Crippen LogP contribution in [0.3, 0.4) is 0 Å². The first-order valence-electron chi connectivity index (χ1n) is 6.39. The van der Waals surface area contributed by atoms with Crippen molar-refractivity contribution in [3.8, 4) is 0 Å². The fourth-order valence-corrected chi connectivity index (χ4v) is 4.50. The largest absolute Gasteiger partial charge is 0.477 e. The number of aromatic carboxylic acids is 1. The predicted molar refractivity (Wildman–Crippen MR) is 77.3 cm³/mol. The van der Waals surface area contributed by atoms with Gasteiger partial charge in [-0.25, -0.2) is 18.2 Å². The average molecular weight is 327 g/mol. The highest BCUT2D eigenvalue weighted by molar-refractivity contribution is 7.93. The first-order chi connectivity index (χ1) is 9.95. The molecule has 0 spiro atoms. The summed E-state index contributed by atoms with van der Waals surface area (Å²) in [5.74, 6) is -1.21. The van der Waals surface area contributed by atoms with Gasteiger partial charge in [0, 0.05) is 11.1 Å². The summed E-state index contributed by atoms with van der Waals surface area (Å²) >= 11 is 1.34. The standard InChI is InChI=1S/C12H13N3O4S2/c16-11(17)9-5-7(6-13-9)21(18,19)15-12-14-8-3-1-2-4-10(8)20-12/h5-6,13H,1-4H2,(H,14,15)(H,16,17). The van der Waals surface area contributed by atoms with Crippen molar-refractivity contribution in [2.75, 3.05) is 4.72 Å². The first kappa shape index (κ1) is 14.1. The summed E-state index contributed by atoms with van der Waals surface area (Å²) in [6.07, 6.45) is 5.13. The number of aryl methyl sites for hydroxylation is 2. The number of fused-ring (bicyclic) bond motifs is 1. The topological polar surface area (TPSA) is 112 Å². The van der Waals surface area contributed by atoms with Crippen LogP contribution < -0.4 is 4.72 Å². The van der Waals surface area contributed by atoms with Crippen molar-refractivity contribution in [2.24, 2.45) is 0 Å². The zero-order valence-corrected chi connectivity index (χ0v) is 12.6. The number of hydrogen-bond acceptors (Lipinski definition) is 5. The molecule has 9 heteroatoms. The Morgan fingerprint density at radius 2 is 2.14 bits per heavy atom. The maximum absolute atomic E-state index is 12.2. The van der Waals surface area contributed by atoms with Crippen molar-refractivity contribution in [1.82, 2.24) is 9.97 Å². The molecule has 0 unspecified atom stereocenters. The lowest BCUT2D eigenvalue weighted by atomic mass is 10.0. The monoisotopic (exact) mass is 327 g/mol. The number of aromatic amines is 1. The zero-order chi connectivity index (χ0) is 15.0. The Morgan fingerprint density at radius 3 is 2.81 bits per heavy atom. The fourth-order valence-electron chi connectivity index (χ4n) is 2.22. The molecule has 0 radical (unpaired) electrons. The van der Waals surface area contributed by atoms with Crippen LogP contribution in [0.25, 0.3) is 0 Å². The molecule has 1 aliphatic carbocycles. The Morgan fingerprint density at radius 1 is 1.38 bits per heavy atom. The molecular formula is C12H13N3O4S2. The summed E-state index contributed by atoms with van der Waals surface area (Å²) in [4.78, 5) is 18.5. The molecule has 0 saturated carbocycles. The van der Waals surface area contributed by atoms with Crippen LogP contribution in [-0.4, -0.2) is 29.5 Å². The normalized spacial score (nSPS) is 14.7. The van der Waals surface area contributed by atoms with Gasteiger partial charge in [-0.2, -0.15) is 0 Å². The molecule has 7 nitrogen and oxygen atoms in total. The molecule has 0 fully saturated rings. The molecule has 21 heavy (non-hydrogen) atoms. The van der Waals surface area contributed by atoms with Gasteiger partial charge in [-0.05, 0) is 31.7 Å². The summed E-state index contributed by atoms with van der Waals surface area (Å²) in [7, 11) is -3.82. The molecule has 2 aromatic heterocycles. The van der Waals surface area contributed by atoms with E-state index in [0.29, 0.717) is 5.13 Å². The lowest BCUT2D eigenvalue weighted by Gasteiger charge is -2.06. The highest BCUT2D eigenvalue weighted by Crippen LogP contribution is 2.30. The minimum absolute atomic E-state index is 0.118. The summed E-state index contributed by atoms with van der Waals surface area (Å²) in [6.45, 7) is 0. The number of sulfonamides is 1. The van der Waals surface area contributed by atoms with Gasteiger partial charge in [-0.1, -0.05) is 0 Å². The Kier molecular flexibility index (Phi) is 3.46.